The Hall–Kier alpha value is -5.66. The number of allylic oxidation sites excluding steroid dienone is 2. The number of Topliss-reactive ketones (excluding diaryl/α,β-unsaturated/α-hetero) is 1. The standard InChI is InChI=1S/C52H88N8O12/c1-19-21-22-34(9)45(65)44(39(61)29-36(20-2)47(67)55(14)30-40(62)53-25-26-60-41(63)23-24-42(60)64)59(18)50(70)43(33(7)8)58(17)49(69)38(28-32(5)6)57(16)48(68)37(27-31(3)4)56(15)46(66)35(10)54-51(71)72-52(11,12)13/h19,21,23-24,31-38,43-45,65H,20,22,25-30H2,1-18H3,(H,53,62)(H,54,71)/b21-19+/t34-,35-,36-,37+,38+,43+,44-,45-/m1/s1. The highest BCUT2D eigenvalue weighted by Gasteiger charge is 2.44. The first-order chi connectivity index (χ1) is 33.2. The first-order valence-corrected chi connectivity index (χ1v) is 25.2. The van der Waals surface area contributed by atoms with Crippen LogP contribution < -0.4 is 10.6 Å². The molecule has 1 aliphatic rings. The number of hydrogen-bond donors (Lipinski definition) is 3. The summed E-state index contributed by atoms with van der Waals surface area (Å²) in [6.07, 6.45) is 4.24. The average molecular weight is 1020 g/mol. The smallest absolute Gasteiger partial charge is 0.408 e. The van der Waals surface area contributed by atoms with Crippen LogP contribution in [0.4, 0.5) is 4.79 Å². The monoisotopic (exact) mass is 1020 g/mol. The second kappa shape index (κ2) is 29.1. The topological polar surface area (TPSA) is 244 Å². The van der Waals surface area contributed by atoms with Gasteiger partial charge in [-0.25, -0.2) is 4.79 Å². The van der Waals surface area contributed by atoms with Crippen molar-refractivity contribution < 1.29 is 57.8 Å². The van der Waals surface area contributed by atoms with Crippen molar-refractivity contribution in [1.29, 1.82) is 0 Å². The Morgan fingerprint density at radius 1 is 0.722 bits per heavy atom. The van der Waals surface area contributed by atoms with E-state index in [1.165, 1.54) is 56.9 Å². The second-order valence-corrected chi connectivity index (χ2v) is 21.3. The Bertz CT molecular complexity index is 1960. The first-order valence-electron chi connectivity index (χ1n) is 25.2. The fraction of sp³-hybridized carbons (Fsp3) is 0.731. The van der Waals surface area contributed by atoms with E-state index in [4.69, 9.17) is 4.74 Å². The van der Waals surface area contributed by atoms with Gasteiger partial charge in [0.2, 0.25) is 35.4 Å². The molecular formula is C52H88N8O12. The van der Waals surface area contributed by atoms with Gasteiger partial charge in [0.15, 0.2) is 5.78 Å². The molecule has 20 heteroatoms. The van der Waals surface area contributed by atoms with Crippen LogP contribution in [0.1, 0.15) is 122 Å². The van der Waals surface area contributed by atoms with Crippen molar-refractivity contribution in [3.05, 3.63) is 24.3 Å². The SMILES string of the molecule is C/C=C/C[C@@H](C)[C@@H](O)[C@@H](C(=O)C[C@@H](CC)C(=O)N(C)CC(=O)NCCN1C(=O)C=CC1=O)N(C)C(=O)[C@H](C(C)C)N(C)C(=O)[C@H](CC(C)C)N(C)C(=O)[C@H](CC(C)C)N(C)C(=O)[C@@H](C)NC(=O)OC(C)(C)C. The van der Waals surface area contributed by atoms with Gasteiger partial charge in [0.25, 0.3) is 11.8 Å². The third-order valence-electron chi connectivity index (χ3n) is 12.7. The van der Waals surface area contributed by atoms with E-state index in [-0.39, 0.29) is 50.7 Å². The number of nitrogens with one attached hydrogen (secondary N) is 2. The molecule has 408 valence electrons. The van der Waals surface area contributed by atoms with Crippen molar-refractivity contribution in [2.45, 2.75) is 164 Å². The lowest BCUT2D eigenvalue weighted by atomic mass is 9.86. The zero-order chi connectivity index (χ0) is 55.7. The largest absolute Gasteiger partial charge is 0.444 e. The summed E-state index contributed by atoms with van der Waals surface area (Å²) in [4.78, 5) is 143. The predicted molar refractivity (Wildman–Crippen MR) is 273 cm³/mol. The van der Waals surface area contributed by atoms with E-state index in [9.17, 15) is 53.1 Å². The summed E-state index contributed by atoms with van der Waals surface area (Å²) in [6, 6.07) is -5.86. The quantitative estimate of drug-likeness (QED) is 0.0755. The molecule has 1 rings (SSSR count). The highest BCUT2D eigenvalue weighted by atomic mass is 16.6. The molecule has 0 spiro atoms. The summed E-state index contributed by atoms with van der Waals surface area (Å²) < 4.78 is 5.33. The van der Waals surface area contributed by atoms with Crippen LogP contribution >= 0.6 is 0 Å². The number of nitrogens with zero attached hydrogens (tertiary/aromatic N) is 6. The van der Waals surface area contributed by atoms with E-state index in [2.05, 4.69) is 10.6 Å². The van der Waals surface area contributed by atoms with E-state index in [1.807, 2.05) is 40.7 Å². The van der Waals surface area contributed by atoms with Gasteiger partial charge in [0.1, 0.15) is 35.8 Å². The number of imide groups is 1. The molecule has 0 aromatic heterocycles. The van der Waals surface area contributed by atoms with Gasteiger partial charge < -0.3 is 45.0 Å². The van der Waals surface area contributed by atoms with Crippen molar-refractivity contribution in [3.63, 3.8) is 0 Å². The number of amides is 9. The number of aliphatic hydroxyl groups excluding tert-OH is 1. The van der Waals surface area contributed by atoms with Crippen LogP contribution in [0.25, 0.3) is 0 Å². The van der Waals surface area contributed by atoms with Gasteiger partial charge in [-0.1, -0.05) is 67.5 Å². The molecule has 0 bridgehead atoms. The van der Waals surface area contributed by atoms with Gasteiger partial charge in [0.05, 0.1) is 12.6 Å². The van der Waals surface area contributed by atoms with Gasteiger partial charge in [0, 0.05) is 72.8 Å². The van der Waals surface area contributed by atoms with Gasteiger partial charge in [-0.05, 0) is 84.0 Å². The van der Waals surface area contributed by atoms with Crippen molar-refractivity contribution in [2.75, 3.05) is 54.9 Å². The summed E-state index contributed by atoms with van der Waals surface area (Å²) in [7, 11) is 7.20. The second-order valence-electron chi connectivity index (χ2n) is 21.3. The van der Waals surface area contributed by atoms with Crippen LogP contribution in [-0.2, 0) is 47.9 Å². The zero-order valence-electron chi connectivity index (χ0n) is 46.4. The van der Waals surface area contributed by atoms with Gasteiger partial charge in [-0.3, -0.25) is 48.1 Å². The van der Waals surface area contributed by atoms with Crippen molar-refractivity contribution in [1.82, 2.24) is 40.0 Å². The maximum absolute atomic E-state index is 14.9. The summed E-state index contributed by atoms with van der Waals surface area (Å²) in [5.41, 5.74) is -0.812. The molecule has 0 fully saturated rings. The highest BCUT2D eigenvalue weighted by Crippen LogP contribution is 2.26. The summed E-state index contributed by atoms with van der Waals surface area (Å²) in [6.45, 7) is 22.4. The number of carbonyl (C=O) groups is 10. The highest BCUT2D eigenvalue weighted by molar-refractivity contribution is 6.13. The Morgan fingerprint density at radius 3 is 1.67 bits per heavy atom. The summed E-state index contributed by atoms with van der Waals surface area (Å²) in [5.74, 6) is -7.21. The van der Waals surface area contributed by atoms with Crippen molar-refractivity contribution >= 4 is 59.1 Å². The van der Waals surface area contributed by atoms with E-state index < -0.39 is 125 Å². The molecule has 0 aliphatic carbocycles. The molecule has 20 nitrogen and oxygen atoms in total. The van der Waals surface area contributed by atoms with Crippen LogP contribution in [0.5, 0.6) is 0 Å². The molecule has 1 heterocycles. The van der Waals surface area contributed by atoms with Crippen LogP contribution in [0.3, 0.4) is 0 Å². The number of likely N-dealkylation sites (N-methyl/N-ethyl adjacent to an activating group) is 5. The third-order valence-corrected chi connectivity index (χ3v) is 12.7. The van der Waals surface area contributed by atoms with Crippen LogP contribution in [0.2, 0.25) is 0 Å². The lowest BCUT2D eigenvalue weighted by molar-refractivity contribution is -0.157. The molecule has 9 amide bonds. The molecule has 72 heavy (non-hydrogen) atoms. The maximum atomic E-state index is 14.9. The normalized spacial score (nSPS) is 16.2. The number of alkyl carbamates (subject to hydrolysis) is 1. The molecule has 0 radical (unpaired) electrons. The van der Waals surface area contributed by atoms with E-state index in [0.29, 0.717) is 6.42 Å². The molecule has 1 aliphatic heterocycles. The molecule has 0 aromatic carbocycles. The minimum Gasteiger partial charge on any atom is -0.444 e. The number of ether oxygens (including phenoxy) is 1. The van der Waals surface area contributed by atoms with Crippen LogP contribution in [0.15, 0.2) is 24.3 Å². The maximum Gasteiger partial charge on any atom is 0.408 e. The fourth-order valence-electron chi connectivity index (χ4n) is 8.58. The molecule has 8 atom stereocenters. The van der Waals surface area contributed by atoms with Crippen LogP contribution in [0, 0.1) is 29.6 Å². The Labute approximate surface area is 428 Å². The summed E-state index contributed by atoms with van der Waals surface area (Å²) >= 11 is 0. The lowest BCUT2D eigenvalue weighted by Gasteiger charge is -2.41. The lowest BCUT2D eigenvalue weighted by Crippen LogP contribution is -2.61. The molecule has 0 saturated carbocycles. The minimum absolute atomic E-state index is 0.0393. The predicted octanol–water partition coefficient (Wildman–Crippen LogP) is 3.40. The number of rotatable bonds is 28. The zero-order valence-corrected chi connectivity index (χ0v) is 46.4. The fourth-order valence-corrected chi connectivity index (χ4v) is 8.58. The number of carbonyl (C=O) groups excluding carboxylic acids is 10. The number of aliphatic hydroxyl groups is 1. The third kappa shape index (κ3) is 19.1. The van der Waals surface area contributed by atoms with E-state index >= 15 is 0 Å². The van der Waals surface area contributed by atoms with E-state index in [0.717, 1.165) is 26.9 Å². The molecule has 0 aromatic rings. The van der Waals surface area contributed by atoms with Gasteiger partial charge >= 0.3 is 6.09 Å². The minimum atomic E-state index is -1.46. The van der Waals surface area contributed by atoms with Gasteiger partial charge in [-0.15, -0.1) is 0 Å². The molecule has 0 unspecified atom stereocenters. The molecule has 0 saturated heterocycles. The Morgan fingerprint density at radius 2 is 1.21 bits per heavy atom. The van der Waals surface area contributed by atoms with Crippen molar-refractivity contribution in [2.24, 2.45) is 29.6 Å². The Kier molecular flexibility index (Phi) is 26.0. The van der Waals surface area contributed by atoms with Gasteiger partial charge in [-0.2, -0.15) is 0 Å². The van der Waals surface area contributed by atoms with Crippen molar-refractivity contribution in [3.8, 4) is 0 Å². The first kappa shape index (κ1) is 64.4. The van der Waals surface area contributed by atoms with Crippen LogP contribution in [-0.4, -0.2) is 190 Å². The Balaban J connectivity index is 3.55. The number of hydrogen-bond acceptors (Lipinski definition) is 12. The average Bonchev–Trinajstić information content (AvgIpc) is 3.60. The molecule has 3 N–H and O–H groups in total. The van der Waals surface area contributed by atoms with E-state index in [1.54, 1.807) is 54.5 Å². The summed E-state index contributed by atoms with van der Waals surface area (Å²) in [5, 5.41) is 17.0. The number of ketones is 1. The molecular weight excluding hydrogens is 929 g/mol.